The highest BCUT2D eigenvalue weighted by molar-refractivity contribution is 8.00. The van der Waals surface area contributed by atoms with E-state index in [-0.39, 0.29) is 17.5 Å². The molecule has 138 valence electrons. The van der Waals surface area contributed by atoms with Crippen LogP contribution in [0.3, 0.4) is 0 Å². The van der Waals surface area contributed by atoms with Crippen LogP contribution in [0.25, 0.3) is 10.8 Å². The molecule has 1 heterocycles. The van der Waals surface area contributed by atoms with Gasteiger partial charge in [0.25, 0.3) is 0 Å². The van der Waals surface area contributed by atoms with Gasteiger partial charge in [-0.15, -0.1) is 11.8 Å². The van der Waals surface area contributed by atoms with Gasteiger partial charge in [0.05, 0.1) is 11.4 Å². The molecule has 5 heteroatoms. The van der Waals surface area contributed by atoms with Gasteiger partial charge in [-0.1, -0.05) is 36.4 Å². The summed E-state index contributed by atoms with van der Waals surface area (Å²) in [4.78, 5) is 15.6. The van der Waals surface area contributed by atoms with Crippen molar-refractivity contribution in [3.8, 4) is 0 Å². The smallest absolute Gasteiger partial charge is 0.234 e. The summed E-state index contributed by atoms with van der Waals surface area (Å²) < 4.78 is 14.4. The van der Waals surface area contributed by atoms with Gasteiger partial charge in [-0.3, -0.25) is 4.79 Å². The predicted octanol–water partition coefficient (Wildman–Crippen LogP) is 5.31. The molecular formula is C22H21FN2OS. The third-order valence-corrected chi connectivity index (χ3v) is 5.79. The van der Waals surface area contributed by atoms with E-state index in [0.717, 1.165) is 41.9 Å². The molecule has 0 bridgehead atoms. The highest BCUT2D eigenvalue weighted by Crippen LogP contribution is 2.31. The van der Waals surface area contributed by atoms with Gasteiger partial charge in [0, 0.05) is 18.0 Å². The van der Waals surface area contributed by atoms with Gasteiger partial charge in [-0.05, 0) is 47.9 Å². The number of carbonyl (C=O) groups excluding carboxylic acids is 1. The Morgan fingerprint density at radius 2 is 1.78 bits per heavy atom. The minimum absolute atomic E-state index is 0.196. The number of amides is 1. The van der Waals surface area contributed by atoms with E-state index < -0.39 is 0 Å². The SMILES string of the molecule is O=C(CSc1ccc2ccccc2c1)Nc1c(F)cccc1N1CCCC1. The number of fused-ring (bicyclic) bond motifs is 1. The largest absolute Gasteiger partial charge is 0.370 e. The van der Waals surface area contributed by atoms with Crippen molar-refractivity contribution in [3.05, 3.63) is 66.5 Å². The standard InChI is InChI=1S/C22H21FN2OS/c23-19-8-5-9-20(25-12-3-4-13-25)22(19)24-21(26)15-27-18-11-10-16-6-1-2-7-17(16)14-18/h1-2,5-11,14H,3-4,12-13,15H2,(H,24,26). The second kappa shape index (κ2) is 8.01. The van der Waals surface area contributed by atoms with Gasteiger partial charge in [-0.2, -0.15) is 0 Å². The Morgan fingerprint density at radius 3 is 2.59 bits per heavy atom. The Bertz CT molecular complexity index is 969. The molecule has 0 radical (unpaired) electrons. The number of rotatable bonds is 5. The van der Waals surface area contributed by atoms with Crippen LogP contribution < -0.4 is 10.2 Å². The normalized spacial score (nSPS) is 13.9. The summed E-state index contributed by atoms with van der Waals surface area (Å²) in [5.74, 6) is -0.339. The Hall–Kier alpha value is -2.53. The first-order valence-electron chi connectivity index (χ1n) is 9.15. The molecule has 1 aliphatic rings. The fourth-order valence-electron chi connectivity index (χ4n) is 3.44. The summed E-state index contributed by atoms with van der Waals surface area (Å²) in [6, 6.07) is 19.2. The Labute approximate surface area is 162 Å². The summed E-state index contributed by atoms with van der Waals surface area (Å²) in [6.07, 6.45) is 2.20. The fraction of sp³-hybridized carbons (Fsp3) is 0.227. The number of thioether (sulfide) groups is 1. The van der Waals surface area contributed by atoms with Gasteiger partial charge in [-0.25, -0.2) is 4.39 Å². The molecule has 27 heavy (non-hydrogen) atoms. The average molecular weight is 380 g/mol. The second-order valence-electron chi connectivity index (χ2n) is 6.67. The van der Waals surface area contributed by atoms with E-state index in [9.17, 15) is 9.18 Å². The quantitative estimate of drug-likeness (QED) is 0.609. The van der Waals surface area contributed by atoms with E-state index in [2.05, 4.69) is 34.5 Å². The maximum absolute atomic E-state index is 14.4. The monoisotopic (exact) mass is 380 g/mol. The molecule has 0 unspecified atom stereocenters. The van der Waals surface area contributed by atoms with Gasteiger partial charge in [0.2, 0.25) is 5.91 Å². The zero-order valence-corrected chi connectivity index (χ0v) is 15.8. The number of para-hydroxylation sites is 1. The molecule has 3 aromatic carbocycles. The predicted molar refractivity (Wildman–Crippen MR) is 111 cm³/mol. The summed E-state index contributed by atoms with van der Waals surface area (Å²) in [5, 5.41) is 5.11. The van der Waals surface area contributed by atoms with E-state index in [4.69, 9.17) is 0 Å². The van der Waals surface area contributed by atoms with Crippen LogP contribution in [0.5, 0.6) is 0 Å². The van der Waals surface area contributed by atoms with Crippen LogP contribution in [0, 0.1) is 5.82 Å². The lowest BCUT2D eigenvalue weighted by atomic mass is 10.1. The first-order chi connectivity index (χ1) is 13.2. The van der Waals surface area contributed by atoms with Crippen LogP contribution in [0.4, 0.5) is 15.8 Å². The number of nitrogens with zero attached hydrogens (tertiary/aromatic N) is 1. The molecular weight excluding hydrogens is 359 g/mol. The second-order valence-corrected chi connectivity index (χ2v) is 7.72. The minimum atomic E-state index is -0.386. The summed E-state index contributed by atoms with van der Waals surface area (Å²) >= 11 is 1.46. The zero-order chi connectivity index (χ0) is 18.6. The molecule has 1 aliphatic heterocycles. The van der Waals surface area contributed by atoms with Crippen LogP contribution in [0.15, 0.2) is 65.6 Å². The molecule has 3 nitrogen and oxygen atoms in total. The van der Waals surface area contributed by atoms with Crippen LogP contribution >= 0.6 is 11.8 Å². The Morgan fingerprint density at radius 1 is 1.00 bits per heavy atom. The highest BCUT2D eigenvalue weighted by Gasteiger charge is 2.19. The molecule has 1 amide bonds. The molecule has 1 N–H and O–H groups in total. The van der Waals surface area contributed by atoms with E-state index in [1.54, 1.807) is 6.07 Å². The van der Waals surface area contributed by atoms with Crippen molar-refractivity contribution in [1.29, 1.82) is 0 Å². The molecule has 1 saturated heterocycles. The van der Waals surface area contributed by atoms with E-state index in [1.807, 2.05) is 24.3 Å². The van der Waals surface area contributed by atoms with Crippen molar-refractivity contribution in [1.82, 2.24) is 0 Å². The molecule has 0 saturated carbocycles. The summed E-state index contributed by atoms with van der Waals surface area (Å²) in [5.41, 5.74) is 1.07. The third-order valence-electron chi connectivity index (χ3n) is 4.79. The maximum atomic E-state index is 14.4. The number of nitrogens with one attached hydrogen (secondary N) is 1. The molecule has 4 rings (SSSR count). The van der Waals surface area contributed by atoms with Crippen molar-refractivity contribution < 1.29 is 9.18 Å². The zero-order valence-electron chi connectivity index (χ0n) is 15.0. The lowest BCUT2D eigenvalue weighted by Gasteiger charge is -2.22. The first kappa shape index (κ1) is 17.9. The minimum Gasteiger partial charge on any atom is -0.370 e. The lowest BCUT2D eigenvalue weighted by Crippen LogP contribution is -2.22. The van der Waals surface area contributed by atoms with Crippen LogP contribution in [-0.2, 0) is 4.79 Å². The number of hydrogen-bond acceptors (Lipinski definition) is 3. The number of hydrogen-bond donors (Lipinski definition) is 1. The average Bonchev–Trinajstić information content (AvgIpc) is 3.22. The van der Waals surface area contributed by atoms with Crippen LogP contribution in [-0.4, -0.2) is 24.7 Å². The first-order valence-corrected chi connectivity index (χ1v) is 10.1. The summed E-state index contributed by atoms with van der Waals surface area (Å²) in [6.45, 7) is 1.80. The molecule has 0 spiro atoms. The van der Waals surface area contributed by atoms with Crippen molar-refractivity contribution in [2.24, 2.45) is 0 Å². The van der Waals surface area contributed by atoms with E-state index >= 15 is 0 Å². The molecule has 3 aromatic rings. The number of anilines is 2. The molecule has 0 aromatic heterocycles. The van der Waals surface area contributed by atoms with Gasteiger partial charge < -0.3 is 10.2 Å². The van der Waals surface area contributed by atoms with Gasteiger partial charge in [0.15, 0.2) is 0 Å². The fourth-order valence-corrected chi connectivity index (χ4v) is 4.18. The summed E-state index contributed by atoms with van der Waals surface area (Å²) in [7, 11) is 0. The van der Waals surface area contributed by atoms with Gasteiger partial charge in [0.1, 0.15) is 11.5 Å². The van der Waals surface area contributed by atoms with E-state index in [0.29, 0.717) is 5.69 Å². The molecule has 0 aliphatic carbocycles. The Balaban J connectivity index is 1.44. The Kier molecular flexibility index (Phi) is 5.30. The third kappa shape index (κ3) is 4.08. The number of carbonyl (C=O) groups is 1. The maximum Gasteiger partial charge on any atom is 0.234 e. The van der Waals surface area contributed by atoms with Crippen LogP contribution in [0.2, 0.25) is 0 Å². The van der Waals surface area contributed by atoms with Crippen molar-refractivity contribution in [3.63, 3.8) is 0 Å². The van der Waals surface area contributed by atoms with Crippen molar-refractivity contribution in [2.75, 3.05) is 29.1 Å². The van der Waals surface area contributed by atoms with Crippen molar-refractivity contribution in [2.45, 2.75) is 17.7 Å². The molecule has 1 fully saturated rings. The topological polar surface area (TPSA) is 32.3 Å². The van der Waals surface area contributed by atoms with Gasteiger partial charge >= 0.3 is 0 Å². The van der Waals surface area contributed by atoms with E-state index in [1.165, 1.54) is 23.2 Å². The van der Waals surface area contributed by atoms with Crippen LogP contribution in [0.1, 0.15) is 12.8 Å². The lowest BCUT2D eigenvalue weighted by molar-refractivity contribution is -0.113. The number of benzene rings is 3. The highest BCUT2D eigenvalue weighted by atomic mass is 32.2. The molecule has 0 atom stereocenters. The van der Waals surface area contributed by atoms with Crippen molar-refractivity contribution >= 4 is 39.8 Å². The number of halogens is 1.